The predicted molar refractivity (Wildman–Crippen MR) is 94.2 cm³/mol. The summed E-state index contributed by atoms with van der Waals surface area (Å²) in [6, 6.07) is 7.04. The van der Waals surface area contributed by atoms with Crippen molar-refractivity contribution < 1.29 is 14.3 Å². The minimum atomic E-state index is -0.442. The molecule has 1 N–H and O–H groups in total. The zero-order chi connectivity index (χ0) is 18.4. The number of para-hydroxylation sites is 1. The molecule has 1 aromatic heterocycles. The van der Waals surface area contributed by atoms with Crippen molar-refractivity contribution in [1.29, 1.82) is 0 Å². The number of nitrogens with one attached hydrogen (secondary N) is 1. The largest absolute Gasteiger partial charge is 0.468 e. The fraction of sp³-hybridized carbons (Fsp3) is 0.444. The standard InChI is InChI=1S/C18H23N3O4/c1-12(2)21(11-17(23)25-3)16(22)10-6-9-15-19-14-8-5-4-7-13(14)18(24)20-15/h4-5,7-8,12H,6,9-11H2,1-3H3,(H,19,20,24). The zero-order valence-corrected chi connectivity index (χ0v) is 14.7. The number of methoxy groups -OCH3 is 1. The van der Waals surface area contributed by atoms with Gasteiger partial charge in [0.05, 0.1) is 18.0 Å². The molecule has 7 heteroatoms. The van der Waals surface area contributed by atoms with Gasteiger partial charge in [-0.25, -0.2) is 4.98 Å². The number of ether oxygens (including phenoxy) is 1. The highest BCUT2D eigenvalue weighted by molar-refractivity contribution is 5.82. The van der Waals surface area contributed by atoms with Gasteiger partial charge in [-0.15, -0.1) is 0 Å². The van der Waals surface area contributed by atoms with Gasteiger partial charge in [-0.1, -0.05) is 12.1 Å². The van der Waals surface area contributed by atoms with E-state index in [9.17, 15) is 14.4 Å². The molecule has 0 atom stereocenters. The number of carbonyl (C=O) groups excluding carboxylic acids is 2. The second kappa shape index (κ2) is 8.41. The number of aromatic nitrogens is 2. The number of carbonyl (C=O) groups is 2. The Bertz CT molecular complexity index is 813. The molecule has 7 nitrogen and oxygen atoms in total. The Kier molecular flexibility index (Phi) is 6.27. The van der Waals surface area contributed by atoms with Crippen molar-refractivity contribution in [1.82, 2.24) is 14.9 Å². The van der Waals surface area contributed by atoms with Crippen LogP contribution in [0.1, 0.15) is 32.5 Å². The average Bonchev–Trinajstić information content (AvgIpc) is 2.59. The number of amides is 1. The fourth-order valence-corrected chi connectivity index (χ4v) is 2.57. The molecule has 0 spiro atoms. The van der Waals surface area contributed by atoms with Crippen LogP contribution in [0.2, 0.25) is 0 Å². The second-order valence-electron chi connectivity index (χ2n) is 6.07. The van der Waals surface area contributed by atoms with E-state index < -0.39 is 5.97 Å². The molecule has 25 heavy (non-hydrogen) atoms. The highest BCUT2D eigenvalue weighted by atomic mass is 16.5. The summed E-state index contributed by atoms with van der Waals surface area (Å²) < 4.78 is 4.63. The molecule has 2 aromatic rings. The van der Waals surface area contributed by atoms with Gasteiger partial charge in [-0.05, 0) is 32.4 Å². The van der Waals surface area contributed by atoms with E-state index in [0.717, 1.165) is 0 Å². The number of esters is 1. The van der Waals surface area contributed by atoms with Gasteiger partial charge in [-0.3, -0.25) is 14.4 Å². The molecular formula is C18H23N3O4. The molecule has 0 fully saturated rings. The number of aromatic amines is 1. The number of aryl methyl sites for hydroxylation is 1. The summed E-state index contributed by atoms with van der Waals surface area (Å²) in [6.07, 6.45) is 1.28. The van der Waals surface area contributed by atoms with E-state index in [2.05, 4.69) is 14.7 Å². The van der Waals surface area contributed by atoms with Crippen LogP contribution in [0, 0.1) is 0 Å². The summed E-state index contributed by atoms with van der Waals surface area (Å²) in [6.45, 7) is 3.64. The van der Waals surface area contributed by atoms with Crippen LogP contribution in [0.25, 0.3) is 10.9 Å². The van der Waals surface area contributed by atoms with Crippen LogP contribution in [0.3, 0.4) is 0 Å². The Morgan fingerprint density at radius 3 is 2.68 bits per heavy atom. The van der Waals surface area contributed by atoms with Gasteiger partial charge < -0.3 is 14.6 Å². The van der Waals surface area contributed by atoms with Crippen LogP contribution < -0.4 is 5.56 Å². The Morgan fingerprint density at radius 2 is 2.00 bits per heavy atom. The number of benzene rings is 1. The normalized spacial score (nSPS) is 10.9. The first kappa shape index (κ1) is 18.6. The van der Waals surface area contributed by atoms with E-state index in [1.54, 1.807) is 18.2 Å². The smallest absolute Gasteiger partial charge is 0.325 e. The molecule has 0 saturated heterocycles. The lowest BCUT2D eigenvalue weighted by atomic mass is 10.1. The number of H-pyrrole nitrogens is 1. The first-order valence-corrected chi connectivity index (χ1v) is 8.26. The lowest BCUT2D eigenvalue weighted by Gasteiger charge is -2.25. The molecule has 1 aromatic carbocycles. The molecule has 0 saturated carbocycles. The van der Waals surface area contributed by atoms with Crippen molar-refractivity contribution in [3.8, 4) is 0 Å². The maximum atomic E-state index is 12.3. The molecule has 0 radical (unpaired) electrons. The monoisotopic (exact) mass is 345 g/mol. The maximum Gasteiger partial charge on any atom is 0.325 e. The second-order valence-corrected chi connectivity index (χ2v) is 6.07. The van der Waals surface area contributed by atoms with Gasteiger partial charge in [-0.2, -0.15) is 0 Å². The molecule has 0 aliphatic heterocycles. The number of nitrogens with zero attached hydrogens (tertiary/aromatic N) is 2. The summed E-state index contributed by atoms with van der Waals surface area (Å²) in [5.41, 5.74) is 0.462. The fourth-order valence-electron chi connectivity index (χ4n) is 2.57. The van der Waals surface area contributed by atoms with Crippen LogP contribution in [-0.2, 0) is 20.7 Å². The predicted octanol–water partition coefficient (Wildman–Crippen LogP) is 1.66. The molecule has 1 heterocycles. The van der Waals surface area contributed by atoms with E-state index in [1.165, 1.54) is 12.0 Å². The van der Waals surface area contributed by atoms with Crippen molar-refractivity contribution >= 4 is 22.8 Å². The number of hydrogen-bond acceptors (Lipinski definition) is 5. The third-order valence-electron chi connectivity index (χ3n) is 3.94. The summed E-state index contributed by atoms with van der Waals surface area (Å²) in [7, 11) is 1.30. The summed E-state index contributed by atoms with van der Waals surface area (Å²) in [4.78, 5) is 44.4. The summed E-state index contributed by atoms with van der Waals surface area (Å²) in [5.74, 6) is -0.00771. The van der Waals surface area contributed by atoms with Crippen LogP contribution in [-0.4, -0.2) is 46.4 Å². The molecular weight excluding hydrogens is 322 g/mol. The average molecular weight is 345 g/mol. The number of fused-ring (bicyclic) bond motifs is 1. The van der Waals surface area contributed by atoms with Crippen LogP contribution >= 0.6 is 0 Å². The SMILES string of the molecule is COC(=O)CN(C(=O)CCCc1nc2ccccc2c(=O)[nH]1)C(C)C. The zero-order valence-electron chi connectivity index (χ0n) is 14.7. The topological polar surface area (TPSA) is 92.4 Å². The first-order valence-electron chi connectivity index (χ1n) is 8.26. The van der Waals surface area contributed by atoms with Gasteiger partial charge in [0, 0.05) is 18.9 Å². The van der Waals surface area contributed by atoms with Gasteiger partial charge in [0.15, 0.2) is 0 Å². The Hall–Kier alpha value is -2.70. The van der Waals surface area contributed by atoms with Crippen LogP contribution in [0.5, 0.6) is 0 Å². The molecule has 0 unspecified atom stereocenters. The van der Waals surface area contributed by atoms with Crippen molar-refractivity contribution in [3.05, 3.63) is 40.4 Å². The van der Waals surface area contributed by atoms with E-state index in [4.69, 9.17) is 0 Å². The van der Waals surface area contributed by atoms with E-state index in [1.807, 2.05) is 19.9 Å². The minimum Gasteiger partial charge on any atom is -0.468 e. The molecule has 0 bridgehead atoms. The lowest BCUT2D eigenvalue weighted by Crippen LogP contribution is -2.41. The third kappa shape index (κ3) is 4.89. The lowest BCUT2D eigenvalue weighted by molar-refractivity contribution is -0.148. The highest BCUT2D eigenvalue weighted by Gasteiger charge is 2.20. The van der Waals surface area contributed by atoms with Crippen molar-refractivity contribution in [2.24, 2.45) is 0 Å². The van der Waals surface area contributed by atoms with E-state index >= 15 is 0 Å². The number of hydrogen-bond donors (Lipinski definition) is 1. The summed E-state index contributed by atoms with van der Waals surface area (Å²) in [5, 5.41) is 0.548. The highest BCUT2D eigenvalue weighted by Crippen LogP contribution is 2.09. The molecule has 2 rings (SSSR count). The molecule has 0 aliphatic carbocycles. The van der Waals surface area contributed by atoms with Gasteiger partial charge in [0.1, 0.15) is 12.4 Å². The Labute approximate surface area is 146 Å². The minimum absolute atomic E-state index is 0.0575. The van der Waals surface area contributed by atoms with Crippen LogP contribution in [0.4, 0.5) is 0 Å². The maximum absolute atomic E-state index is 12.3. The van der Waals surface area contributed by atoms with Crippen LogP contribution in [0.15, 0.2) is 29.1 Å². The van der Waals surface area contributed by atoms with Gasteiger partial charge >= 0.3 is 5.97 Å². The van der Waals surface area contributed by atoms with Crippen molar-refractivity contribution in [2.75, 3.05) is 13.7 Å². The van der Waals surface area contributed by atoms with Gasteiger partial charge in [0.2, 0.25) is 5.91 Å². The molecule has 134 valence electrons. The summed E-state index contributed by atoms with van der Waals surface area (Å²) >= 11 is 0. The molecule has 0 aliphatic rings. The van der Waals surface area contributed by atoms with Crippen molar-refractivity contribution in [2.45, 2.75) is 39.2 Å². The van der Waals surface area contributed by atoms with Crippen molar-refractivity contribution in [3.63, 3.8) is 0 Å². The number of rotatable bonds is 7. The quantitative estimate of drug-likeness (QED) is 0.771. The van der Waals surface area contributed by atoms with E-state index in [-0.39, 0.29) is 30.5 Å². The Morgan fingerprint density at radius 1 is 1.28 bits per heavy atom. The van der Waals surface area contributed by atoms with E-state index in [0.29, 0.717) is 29.6 Å². The third-order valence-corrected chi connectivity index (χ3v) is 3.94. The van der Waals surface area contributed by atoms with Gasteiger partial charge in [0.25, 0.3) is 5.56 Å². The Balaban J connectivity index is 1.98. The first-order chi connectivity index (χ1) is 11.9. The molecule has 1 amide bonds.